The smallest absolute Gasteiger partial charge is 0.0410 e. The van der Waals surface area contributed by atoms with E-state index in [2.05, 4.69) is 73.8 Å². The second kappa shape index (κ2) is 5.93. The van der Waals surface area contributed by atoms with Crippen LogP contribution in [0.3, 0.4) is 0 Å². The van der Waals surface area contributed by atoms with Gasteiger partial charge in [0.1, 0.15) is 0 Å². The molecule has 0 aliphatic carbocycles. The summed E-state index contributed by atoms with van der Waals surface area (Å²) < 4.78 is 2.22. The summed E-state index contributed by atoms with van der Waals surface area (Å²) in [5.74, 6) is 0. The van der Waals surface area contributed by atoms with Gasteiger partial charge in [0, 0.05) is 26.5 Å². The summed E-state index contributed by atoms with van der Waals surface area (Å²) >= 11 is 5.70. The minimum atomic E-state index is 0.0168. The zero-order valence-corrected chi connectivity index (χ0v) is 12.8. The van der Waals surface area contributed by atoms with Crippen LogP contribution in [0.15, 0.2) is 47.2 Å². The van der Waals surface area contributed by atoms with Gasteiger partial charge in [-0.05, 0) is 74.3 Å². The van der Waals surface area contributed by atoms with Gasteiger partial charge in [0.05, 0.1) is 0 Å². The molecule has 2 nitrogen and oxygen atoms in total. The molecule has 1 atom stereocenters. The van der Waals surface area contributed by atoms with Crippen molar-refractivity contribution < 1.29 is 0 Å². The van der Waals surface area contributed by atoms with Crippen molar-refractivity contribution >= 4 is 38.5 Å². The van der Waals surface area contributed by atoms with Crippen molar-refractivity contribution in [1.29, 1.82) is 0 Å². The molecule has 0 spiro atoms. The van der Waals surface area contributed by atoms with E-state index < -0.39 is 0 Å². The molecule has 17 heavy (non-hydrogen) atoms. The normalized spacial score (nSPS) is 12.4. The van der Waals surface area contributed by atoms with Crippen LogP contribution in [0.4, 0.5) is 0 Å². The molecule has 4 heteroatoms. The topological polar surface area (TPSA) is 38.9 Å². The Morgan fingerprint density at radius 2 is 1.94 bits per heavy atom. The Labute approximate surface area is 123 Å². The zero-order valence-electron chi connectivity index (χ0n) is 9.11. The molecule has 0 aliphatic rings. The maximum absolute atomic E-state index is 6.18. The van der Waals surface area contributed by atoms with Crippen LogP contribution in [-0.4, -0.2) is 4.98 Å². The molecule has 2 N–H and O–H groups in total. The molecule has 1 aromatic heterocycles. The number of rotatable bonds is 3. The monoisotopic (exact) mass is 402 g/mol. The first-order chi connectivity index (χ1) is 8.15. The van der Waals surface area contributed by atoms with E-state index >= 15 is 0 Å². The third kappa shape index (κ3) is 3.76. The lowest BCUT2D eigenvalue weighted by atomic mass is 10.0. The summed E-state index contributed by atoms with van der Waals surface area (Å²) in [5.41, 5.74) is 8.48. The Bertz CT molecular complexity index is 499. The standard InChI is InChI=1S/C13H12BrIN2/c14-11-5-9(7-17-8-11)6-13(16)10-1-3-12(15)4-2-10/h1-5,7-8,13H,6,16H2. The molecule has 0 aliphatic heterocycles. The highest BCUT2D eigenvalue weighted by molar-refractivity contribution is 14.1. The first-order valence-corrected chi connectivity index (χ1v) is 7.13. The first-order valence-electron chi connectivity index (χ1n) is 5.25. The van der Waals surface area contributed by atoms with Gasteiger partial charge in [-0.1, -0.05) is 12.1 Å². The Balaban J connectivity index is 2.11. The number of hydrogen-bond donors (Lipinski definition) is 1. The van der Waals surface area contributed by atoms with Crippen LogP contribution in [0.25, 0.3) is 0 Å². The molecule has 0 amide bonds. The van der Waals surface area contributed by atoms with E-state index in [4.69, 9.17) is 5.73 Å². The number of hydrogen-bond acceptors (Lipinski definition) is 2. The van der Waals surface area contributed by atoms with E-state index in [9.17, 15) is 0 Å². The zero-order chi connectivity index (χ0) is 12.3. The molecule has 1 aromatic carbocycles. The van der Waals surface area contributed by atoms with Crippen molar-refractivity contribution in [3.8, 4) is 0 Å². The summed E-state index contributed by atoms with van der Waals surface area (Å²) in [7, 11) is 0. The van der Waals surface area contributed by atoms with Crippen LogP contribution in [0, 0.1) is 3.57 Å². The number of halogens is 2. The predicted molar refractivity (Wildman–Crippen MR) is 81.7 cm³/mol. The van der Waals surface area contributed by atoms with E-state index in [0.717, 1.165) is 22.0 Å². The molecule has 0 radical (unpaired) electrons. The summed E-state index contributed by atoms with van der Waals surface area (Å²) in [4.78, 5) is 4.14. The average molecular weight is 403 g/mol. The van der Waals surface area contributed by atoms with E-state index in [-0.39, 0.29) is 6.04 Å². The SMILES string of the molecule is NC(Cc1cncc(Br)c1)c1ccc(I)cc1. The molecule has 2 rings (SSSR count). The van der Waals surface area contributed by atoms with Crippen LogP contribution < -0.4 is 5.73 Å². The molecule has 0 saturated heterocycles. The Morgan fingerprint density at radius 3 is 2.59 bits per heavy atom. The van der Waals surface area contributed by atoms with Crippen molar-refractivity contribution in [1.82, 2.24) is 4.98 Å². The second-order valence-electron chi connectivity index (χ2n) is 3.87. The van der Waals surface area contributed by atoms with Gasteiger partial charge in [0.2, 0.25) is 0 Å². The summed E-state index contributed by atoms with van der Waals surface area (Å²) in [6.45, 7) is 0. The fourth-order valence-corrected chi connectivity index (χ4v) is 2.42. The predicted octanol–water partition coefficient (Wildman–Crippen LogP) is 3.69. The number of pyridine rings is 1. The van der Waals surface area contributed by atoms with Crippen LogP contribution in [0.1, 0.15) is 17.2 Å². The maximum atomic E-state index is 6.18. The highest BCUT2D eigenvalue weighted by Gasteiger charge is 2.07. The van der Waals surface area contributed by atoms with Gasteiger partial charge in [-0.25, -0.2) is 0 Å². The Kier molecular flexibility index (Phi) is 4.53. The summed E-state index contributed by atoms with van der Waals surface area (Å²) in [6, 6.07) is 10.4. The summed E-state index contributed by atoms with van der Waals surface area (Å²) in [5, 5.41) is 0. The van der Waals surface area contributed by atoms with Crippen molar-refractivity contribution in [2.45, 2.75) is 12.5 Å². The number of nitrogens with two attached hydrogens (primary N) is 1. The second-order valence-corrected chi connectivity index (χ2v) is 6.03. The number of nitrogens with zero attached hydrogens (tertiary/aromatic N) is 1. The average Bonchev–Trinajstić information content (AvgIpc) is 2.29. The molecule has 1 heterocycles. The highest BCUT2D eigenvalue weighted by Crippen LogP contribution is 2.18. The van der Waals surface area contributed by atoms with Gasteiger partial charge in [-0.3, -0.25) is 4.98 Å². The minimum Gasteiger partial charge on any atom is -0.324 e. The van der Waals surface area contributed by atoms with Gasteiger partial charge in [-0.15, -0.1) is 0 Å². The van der Waals surface area contributed by atoms with E-state index in [0.29, 0.717) is 0 Å². The largest absolute Gasteiger partial charge is 0.324 e. The molecular formula is C13H12BrIN2. The minimum absolute atomic E-state index is 0.0168. The van der Waals surface area contributed by atoms with Crippen molar-refractivity contribution in [3.05, 3.63) is 61.9 Å². The maximum Gasteiger partial charge on any atom is 0.0410 e. The first kappa shape index (κ1) is 13.0. The molecule has 2 aromatic rings. The van der Waals surface area contributed by atoms with Gasteiger partial charge in [-0.2, -0.15) is 0 Å². The lowest BCUT2D eigenvalue weighted by Gasteiger charge is -2.12. The van der Waals surface area contributed by atoms with Gasteiger partial charge in [0.25, 0.3) is 0 Å². The fraction of sp³-hybridized carbons (Fsp3) is 0.154. The number of aromatic nitrogens is 1. The lowest BCUT2D eigenvalue weighted by molar-refractivity contribution is 0.719. The van der Waals surface area contributed by atoms with Gasteiger partial charge >= 0.3 is 0 Å². The van der Waals surface area contributed by atoms with E-state index in [1.807, 2.05) is 6.20 Å². The molecule has 0 bridgehead atoms. The van der Waals surface area contributed by atoms with Crippen LogP contribution >= 0.6 is 38.5 Å². The van der Waals surface area contributed by atoms with Crippen molar-refractivity contribution in [2.24, 2.45) is 5.73 Å². The third-order valence-electron chi connectivity index (χ3n) is 2.52. The van der Waals surface area contributed by atoms with Gasteiger partial charge in [0.15, 0.2) is 0 Å². The van der Waals surface area contributed by atoms with Crippen LogP contribution in [-0.2, 0) is 6.42 Å². The number of benzene rings is 1. The molecule has 1 unspecified atom stereocenters. The molecule has 88 valence electrons. The molecular weight excluding hydrogens is 391 g/mol. The van der Waals surface area contributed by atoms with Crippen molar-refractivity contribution in [2.75, 3.05) is 0 Å². The lowest BCUT2D eigenvalue weighted by Crippen LogP contribution is -2.13. The van der Waals surface area contributed by atoms with Crippen LogP contribution in [0.2, 0.25) is 0 Å². The van der Waals surface area contributed by atoms with Crippen LogP contribution in [0.5, 0.6) is 0 Å². The van der Waals surface area contributed by atoms with Crippen molar-refractivity contribution in [3.63, 3.8) is 0 Å². The quantitative estimate of drug-likeness (QED) is 0.795. The van der Waals surface area contributed by atoms with Gasteiger partial charge < -0.3 is 5.73 Å². The van der Waals surface area contributed by atoms with E-state index in [1.165, 1.54) is 3.57 Å². The fourth-order valence-electron chi connectivity index (χ4n) is 1.65. The third-order valence-corrected chi connectivity index (χ3v) is 3.67. The molecule has 0 fully saturated rings. The van der Waals surface area contributed by atoms with E-state index in [1.54, 1.807) is 6.20 Å². The Morgan fingerprint density at radius 1 is 1.24 bits per heavy atom. The molecule has 0 saturated carbocycles. The Hall–Kier alpha value is -0.460. The highest BCUT2D eigenvalue weighted by atomic mass is 127. The summed E-state index contributed by atoms with van der Waals surface area (Å²) in [6.07, 6.45) is 4.43.